The Bertz CT molecular complexity index is 1120. The zero-order chi connectivity index (χ0) is 22.6. The van der Waals surface area contributed by atoms with Gasteiger partial charge in [-0.1, -0.05) is 23.4 Å². The van der Waals surface area contributed by atoms with E-state index in [2.05, 4.69) is 15.6 Å². The third kappa shape index (κ3) is 3.93. The first kappa shape index (κ1) is 21.5. The maximum Gasteiger partial charge on any atom is 0.321 e. The Balaban J connectivity index is 1.25. The summed E-state index contributed by atoms with van der Waals surface area (Å²) in [5, 5.41) is 6.14. The van der Waals surface area contributed by atoms with Crippen molar-refractivity contribution in [1.29, 1.82) is 0 Å². The van der Waals surface area contributed by atoms with Crippen LogP contribution in [-0.4, -0.2) is 32.3 Å². The summed E-state index contributed by atoms with van der Waals surface area (Å²) in [6.45, 7) is 3.66. The van der Waals surface area contributed by atoms with Crippen LogP contribution in [0.3, 0.4) is 0 Å². The molecule has 8 heteroatoms. The Hall–Kier alpha value is -2.35. The van der Waals surface area contributed by atoms with Crippen LogP contribution in [0.1, 0.15) is 51.0 Å². The molecule has 1 heterocycles. The molecule has 1 aromatic carbocycles. The Morgan fingerprint density at radius 1 is 1.16 bits per heavy atom. The smallest absolute Gasteiger partial charge is 0.321 e. The summed E-state index contributed by atoms with van der Waals surface area (Å²) in [5.41, 5.74) is 1.31. The fourth-order valence-electron chi connectivity index (χ4n) is 6.43. The van der Waals surface area contributed by atoms with E-state index in [9.17, 15) is 14.4 Å². The first-order valence-corrected chi connectivity index (χ1v) is 12.4. The standard InChI is InChI=1S/C24H30N4O3S/c1-13-4-5-19-18(6-13)21(30)28(3)23(25-19)32-14(2)20(29)26-22(31)27-24-10-15-7-16(11-24)9-17(8-15)12-24/h4-6,14-17H,7-12H2,1-3H3,(H2,26,27,29,31). The molecule has 2 aromatic rings. The number of aromatic nitrogens is 2. The van der Waals surface area contributed by atoms with Crippen LogP contribution in [0.2, 0.25) is 0 Å². The minimum Gasteiger partial charge on any atom is -0.332 e. The highest BCUT2D eigenvalue weighted by atomic mass is 32.2. The highest BCUT2D eigenvalue weighted by Crippen LogP contribution is 2.55. The monoisotopic (exact) mass is 454 g/mol. The van der Waals surface area contributed by atoms with Gasteiger partial charge in [-0.25, -0.2) is 9.78 Å². The van der Waals surface area contributed by atoms with Crippen molar-refractivity contribution in [3.8, 4) is 0 Å². The van der Waals surface area contributed by atoms with E-state index in [4.69, 9.17) is 0 Å². The molecule has 4 aliphatic rings. The molecule has 1 aromatic heterocycles. The number of imide groups is 1. The van der Waals surface area contributed by atoms with Gasteiger partial charge in [-0.15, -0.1) is 0 Å². The lowest BCUT2D eigenvalue weighted by atomic mass is 9.53. The van der Waals surface area contributed by atoms with E-state index in [0.717, 1.165) is 42.6 Å². The van der Waals surface area contributed by atoms with Crippen LogP contribution in [-0.2, 0) is 11.8 Å². The van der Waals surface area contributed by atoms with Crippen molar-refractivity contribution in [2.75, 3.05) is 0 Å². The minimum atomic E-state index is -0.571. The van der Waals surface area contributed by atoms with Crippen LogP contribution in [0.25, 0.3) is 10.9 Å². The summed E-state index contributed by atoms with van der Waals surface area (Å²) in [7, 11) is 1.66. The number of hydrogen-bond donors (Lipinski definition) is 2. The van der Waals surface area contributed by atoms with E-state index in [-0.39, 0.29) is 17.0 Å². The van der Waals surface area contributed by atoms with E-state index >= 15 is 0 Å². The summed E-state index contributed by atoms with van der Waals surface area (Å²) in [5.74, 6) is 1.78. The Morgan fingerprint density at radius 3 is 2.41 bits per heavy atom. The topological polar surface area (TPSA) is 93.1 Å². The van der Waals surface area contributed by atoms with Gasteiger partial charge in [-0.3, -0.25) is 19.5 Å². The van der Waals surface area contributed by atoms with Gasteiger partial charge in [0.1, 0.15) is 0 Å². The summed E-state index contributed by atoms with van der Waals surface area (Å²) >= 11 is 1.18. The number of hydrogen-bond acceptors (Lipinski definition) is 5. The number of amides is 3. The molecule has 4 saturated carbocycles. The largest absolute Gasteiger partial charge is 0.332 e. The first-order chi connectivity index (χ1) is 15.2. The predicted molar refractivity (Wildman–Crippen MR) is 125 cm³/mol. The maximum atomic E-state index is 12.7. The average Bonchev–Trinajstić information content (AvgIpc) is 2.70. The van der Waals surface area contributed by atoms with Crippen molar-refractivity contribution < 1.29 is 9.59 Å². The van der Waals surface area contributed by atoms with Crippen molar-refractivity contribution in [2.24, 2.45) is 24.8 Å². The number of nitrogens with zero attached hydrogens (tertiary/aromatic N) is 2. The molecular formula is C24H30N4O3S. The molecule has 6 rings (SSSR count). The fourth-order valence-corrected chi connectivity index (χ4v) is 7.30. The highest BCUT2D eigenvalue weighted by molar-refractivity contribution is 8.00. The maximum absolute atomic E-state index is 12.7. The molecule has 4 aliphatic carbocycles. The Morgan fingerprint density at radius 2 is 1.78 bits per heavy atom. The predicted octanol–water partition coefficient (Wildman–Crippen LogP) is 3.52. The van der Waals surface area contributed by atoms with Crippen molar-refractivity contribution in [3.63, 3.8) is 0 Å². The number of carbonyl (C=O) groups excluding carboxylic acids is 2. The average molecular weight is 455 g/mol. The van der Waals surface area contributed by atoms with E-state index in [1.54, 1.807) is 14.0 Å². The van der Waals surface area contributed by atoms with Crippen LogP contribution in [0.15, 0.2) is 28.2 Å². The molecule has 32 heavy (non-hydrogen) atoms. The van der Waals surface area contributed by atoms with Gasteiger partial charge in [0.15, 0.2) is 5.16 Å². The molecule has 0 radical (unpaired) electrons. The van der Waals surface area contributed by atoms with Crippen molar-refractivity contribution in [1.82, 2.24) is 20.2 Å². The second-order valence-corrected chi connectivity index (χ2v) is 11.5. The van der Waals surface area contributed by atoms with E-state index in [0.29, 0.717) is 16.1 Å². The molecule has 3 amide bonds. The van der Waals surface area contributed by atoms with Gasteiger partial charge < -0.3 is 5.32 Å². The summed E-state index contributed by atoms with van der Waals surface area (Å²) in [6, 6.07) is 5.15. The van der Waals surface area contributed by atoms with Gasteiger partial charge in [-0.05, 0) is 82.3 Å². The lowest BCUT2D eigenvalue weighted by Crippen LogP contribution is -2.62. The second kappa shape index (κ2) is 7.90. The lowest BCUT2D eigenvalue weighted by molar-refractivity contribution is -0.119. The number of benzene rings is 1. The molecule has 1 unspecified atom stereocenters. The van der Waals surface area contributed by atoms with Gasteiger partial charge in [0.05, 0.1) is 16.2 Å². The number of fused-ring (bicyclic) bond motifs is 1. The van der Waals surface area contributed by atoms with Crippen molar-refractivity contribution in [3.05, 3.63) is 34.1 Å². The summed E-state index contributed by atoms with van der Waals surface area (Å²) < 4.78 is 1.46. The summed E-state index contributed by atoms with van der Waals surface area (Å²) in [6.07, 6.45) is 7.00. The number of aryl methyl sites for hydroxylation is 1. The number of thioether (sulfide) groups is 1. The van der Waals surface area contributed by atoms with Gasteiger partial charge >= 0.3 is 6.03 Å². The molecule has 7 nitrogen and oxygen atoms in total. The van der Waals surface area contributed by atoms with E-state index in [1.165, 1.54) is 35.6 Å². The molecule has 170 valence electrons. The molecule has 4 bridgehead atoms. The molecule has 1 atom stereocenters. The fraction of sp³-hybridized carbons (Fsp3) is 0.583. The van der Waals surface area contributed by atoms with Crippen molar-refractivity contribution in [2.45, 2.75) is 68.3 Å². The van der Waals surface area contributed by atoms with Gasteiger partial charge in [0, 0.05) is 12.6 Å². The van der Waals surface area contributed by atoms with Gasteiger partial charge in [-0.2, -0.15) is 0 Å². The number of urea groups is 1. The molecular weight excluding hydrogens is 424 g/mol. The van der Waals surface area contributed by atoms with Crippen molar-refractivity contribution >= 4 is 34.6 Å². The van der Waals surface area contributed by atoms with Crippen LogP contribution in [0.5, 0.6) is 0 Å². The molecule has 0 saturated heterocycles. The lowest BCUT2D eigenvalue weighted by Gasteiger charge is -2.56. The number of carbonyl (C=O) groups is 2. The molecule has 2 N–H and O–H groups in total. The van der Waals surface area contributed by atoms with Crippen LogP contribution < -0.4 is 16.2 Å². The third-order valence-corrected chi connectivity index (χ3v) is 8.64. The SMILES string of the molecule is Cc1ccc2nc(SC(C)C(=O)NC(=O)NC34CC5CC(CC(C5)C3)C4)n(C)c(=O)c2c1. The van der Waals surface area contributed by atoms with Gasteiger partial charge in [0.2, 0.25) is 5.91 Å². The quantitative estimate of drug-likeness (QED) is 0.545. The normalized spacial score (nSPS) is 29.2. The van der Waals surface area contributed by atoms with Gasteiger partial charge in [0.25, 0.3) is 5.56 Å². The molecule has 0 aliphatic heterocycles. The molecule has 0 spiro atoms. The van der Waals surface area contributed by atoms with Crippen LogP contribution in [0.4, 0.5) is 4.79 Å². The van der Waals surface area contributed by atoms with Crippen LogP contribution in [0, 0.1) is 24.7 Å². The minimum absolute atomic E-state index is 0.141. The Kier molecular flexibility index (Phi) is 5.31. The van der Waals surface area contributed by atoms with E-state index in [1.807, 2.05) is 25.1 Å². The number of rotatable bonds is 4. The zero-order valence-corrected chi connectivity index (χ0v) is 19.6. The number of nitrogens with one attached hydrogen (secondary N) is 2. The first-order valence-electron chi connectivity index (χ1n) is 11.5. The van der Waals surface area contributed by atoms with Crippen LogP contribution >= 0.6 is 11.8 Å². The highest BCUT2D eigenvalue weighted by Gasteiger charge is 2.51. The second-order valence-electron chi connectivity index (χ2n) is 10.2. The summed E-state index contributed by atoms with van der Waals surface area (Å²) in [4.78, 5) is 42.7. The van der Waals surface area contributed by atoms with E-state index < -0.39 is 11.3 Å². The third-order valence-electron chi connectivity index (χ3n) is 7.50. The zero-order valence-electron chi connectivity index (χ0n) is 18.8. The Labute approximate surface area is 191 Å². The molecule has 4 fully saturated rings.